The van der Waals surface area contributed by atoms with Gasteiger partial charge in [-0.05, 0) is 19.8 Å². The molecule has 86 valence electrons. The molecule has 0 radical (unpaired) electrons. The van der Waals surface area contributed by atoms with Crippen molar-refractivity contribution in [2.24, 2.45) is 5.41 Å². The highest BCUT2D eigenvalue weighted by molar-refractivity contribution is 5.80. The monoisotopic (exact) mass is 216 g/mol. The summed E-state index contributed by atoms with van der Waals surface area (Å²) in [6, 6.07) is 0. The van der Waals surface area contributed by atoms with Crippen molar-refractivity contribution in [1.82, 2.24) is 0 Å². The zero-order chi connectivity index (χ0) is 11.5. The molecule has 0 aromatic heterocycles. The van der Waals surface area contributed by atoms with Crippen molar-refractivity contribution in [3.8, 4) is 0 Å². The van der Waals surface area contributed by atoms with Gasteiger partial charge in [0.2, 0.25) is 0 Å². The molecule has 15 heavy (non-hydrogen) atoms. The van der Waals surface area contributed by atoms with Crippen LogP contribution in [0.1, 0.15) is 26.7 Å². The lowest BCUT2D eigenvalue weighted by molar-refractivity contribution is -0.160. The van der Waals surface area contributed by atoms with E-state index in [1.807, 2.05) is 0 Å². The molecule has 1 aliphatic carbocycles. The second-order valence-corrected chi connectivity index (χ2v) is 3.69. The van der Waals surface area contributed by atoms with Gasteiger partial charge in [0.25, 0.3) is 0 Å². The highest BCUT2D eigenvalue weighted by Gasteiger charge is 2.57. The molecule has 5 nitrogen and oxygen atoms in total. The molecule has 0 aromatic rings. The van der Waals surface area contributed by atoms with Crippen LogP contribution in [0.25, 0.3) is 0 Å². The van der Waals surface area contributed by atoms with Crippen molar-refractivity contribution in [3.63, 3.8) is 0 Å². The molecule has 0 spiro atoms. The van der Waals surface area contributed by atoms with Crippen LogP contribution in [0.3, 0.4) is 0 Å². The predicted octanol–water partition coefficient (Wildman–Crippen LogP) is 0.254. The molecule has 0 heterocycles. The molecular formula is C10H16O5. The molecule has 1 rings (SSSR count). The molecule has 1 aliphatic rings. The summed E-state index contributed by atoms with van der Waals surface area (Å²) in [4.78, 5) is 22.0. The van der Waals surface area contributed by atoms with E-state index in [-0.39, 0.29) is 6.61 Å². The van der Waals surface area contributed by atoms with Crippen molar-refractivity contribution in [2.45, 2.75) is 32.8 Å². The number of hydrogen-bond acceptors (Lipinski definition) is 5. The summed E-state index contributed by atoms with van der Waals surface area (Å²) in [7, 11) is 0. The van der Waals surface area contributed by atoms with Gasteiger partial charge in [-0.2, -0.15) is 0 Å². The Balaban J connectivity index is 2.47. The summed E-state index contributed by atoms with van der Waals surface area (Å²) in [5.74, 6) is -0.863. The summed E-state index contributed by atoms with van der Waals surface area (Å²) in [6.45, 7) is 3.12. The first-order valence-electron chi connectivity index (χ1n) is 5.01. The number of esters is 2. The second-order valence-electron chi connectivity index (χ2n) is 3.69. The van der Waals surface area contributed by atoms with E-state index >= 15 is 0 Å². The molecule has 0 aromatic carbocycles. The zero-order valence-electron chi connectivity index (χ0n) is 8.99. The van der Waals surface area contributed by atoms with Crippen LogP contribution in [0.4, 0.5) is 0 Å². The molecule has 0 aliphatic heterocycles. The van der Waals surface area contributed by atoms with E-state index in [1.165, 1.54) is 6.92 Å². The summed E-state index contributed by atoms with van der Waals surface area (Å²) in [5, 5.41) is 9.71. The van der Waals surface area contributed by atoms with Crippen LogP contribution in [0.15, 0.2) is 0 Å². The van der Waals surface area contributed by atoms with Gasteiger partial charge < -0.3 is 14.6 Å². The van der Waals surface area contributed by atoms with E-state index in [1.54, 1.807) is 6.92 Å². The lowest BCUT2D eigenvalue weighted by Gasteiger charge is -2.19. The van der Waals surface area contributed by atoms with E-state index in [0.717, 1.165) is 0 Å². The lowest BCUT2D eigenvalue weighted by atomic mass is 10.0. The van der Waals surface area contributed by atoms with Crippen LogP contribution in [0, 0.1) is 5.41 Å². The number of rotatable bonds is 5. The quantitative estimate of drug-likeness (QED) is 0.667. The van der Waals surface area contributed by atoms with Crippen LogP contribution >= 0.6 is 0 Å². The Morgan fingerprint density at radius 1 is 1.40 bits per heavy atom. The Kier molecular flexibility index (Phi) is 3.68. The van der Waals surface area contributed by atoms with Crippen LogP contribution in [-0.2, 0) is 19.1 Å². The smallest absolute Gasteiger partial charge is 0.314 e. The third kappa shape index (κ3) is 2.68. The van der Waals surface area contributed by atoms with Crippen LogP contribution in [-0.4, -0.2) is 36.4 Å². The number of ether oxygens (including phenoxy) is 2. The maximum Gasteiger partial charge on any atom is 0.314 e. The highest BCUT2D eigenvalue weighted by Crippen LogP contribution is 2.49. The first-order chi connectivity index (χ1) is 7.03. The second kappa shape index (κ2) is 4.61. The number of carbonyl (C=O) groups excluding carboxylic acids is 2. The number of aliphatic hydroxyl groups is 1. The Hall–Kier alpha value is -1.10. The van der Waals surface area contributed by atoms with Gasteiger partial charge in [0.15, 0.2) is 0 Å². The highest BCUT2D eigenvalue weighted by atomic mass is 16.5. The van der Waals surface area contributed by atoms with Gasteiger partial charge in [0.05, 0.1) is 12.0 Å². The van der Waals surface area contributed by atoms with Gasteiger partial charge in [-0.1, -0.05) is 0 Å². The minimum atomic E-state index is -0.958. The zero-order valence-corrected chi connectivity index (χ0v) is 8.99. The Labute approximate surface area is 88.4 Å². The molecule has 5 heteroatoms. The van der Waals surface area contributed by atoms with Gasteiger partial charge in [-0.25, -0.2) is 0 Å². The van der Waals surface area contributed by atoms with E-state index in [9.17, 15) is 14.7 Å². The summed E-state index contributed by atoms with van der Waals surface area (Å²) in [5.41, 5.74) is -0.828. The topological polar surface area (TPSA) is 72.8 Å². The number of hydrogen-bond donors (Lipinski definition) is 1. The summed E-state index contributed by atoms with van der Waals surface area (Å²) in [6.07, 6.45) is 0.225. The van der Waals surface area contributed by atoms with Crippen molar-refractivity contribution in [2.75, 3.05) is 13.2 Å². The Morgan fingerprint density at radius 3 is 2.40 bits per heavy atom. The molecule has 0 bridgehead atoms. The van der Waals surface area contributed by atoms with Gasteiger partial charge in [-0.3, -0.25) is 9.59 Å². The fourth-order valence-corrected chi connectivity index (χ4v) is 1.44. The maximum atomic E-state index is 11.5. The van der Waals surface area contributed by atoms with Gasteiger partial charge in [-0.15, -0.1) is 0 Å². The van der Waals surface area contributed by atoms with Gasteiger partial charge in [0.1, 0.15) is 12.7 Å². The fourth-order valence-electron chi connectivity index (χ4n) is 1.44. The van der Waals surface area contributed by atoms with Gasteiger partial charge >= 0.3 is 11.9 Å². The van der Waals surface area contributed by atoms with Crippen molar-refractivity contribution in [3.05, 3.63) is 0 Å². The fraction of sp³-hybridized carbons (Fsp3) is 0.800. The van der Waals surface area contributed by atoms with Gasteiger partial charge in [0, 0.05) is 6.92 Å². The Morgan fingerprint density at radius 2 is 2.00 bits per heavy atom. The van der Waals surface area contributed by atoms with E-state index in [0.29, 0.717) is 19.4 Å². The first kappa shape index (κ1) is 12.0. The largest absolute Gasteiger partial charge is 0.465 e. The molecule has 0 amide bonds. The average molecular weight is 216 g/mol. The first-order valence-corrected chi connectivity index (χ1v) is 5.01. The van der Waals surface area contributed by atoms with Crippen molar-refractivity contribution >= 4 is 11.9 Å². The number of aliphatic hydroxyl groups excluding tert-OH is 1. The third-order valence-corrected chi connectivity index (χ3v) is 2.55. The molecule has 0 saturated heterocycles. The van der Waals surface area contributed by atoms with Crippen LogP contribution in [0.5, 0.6) is 0 Å². The van der Waals surface area contributed by atoms with E-state index in [4.69, 9.17) is 4.74 Å². The standard InChI is InChI=1S/C10H16O5/c1-3-14-9(13)10(4-5-10)8(12)6-15-7(2)11/h8,12H,3-6H2,1-2H3/t8-/m0/s1. The van der Waals surface area contributed by atoms with Crippen LogP contribution < -0.4 is 0 Å². The minimum Gasteiger partial charge on any atom is -0.465 e. The molecule has 0 unspecified atom stereocenters. The van der Waals surface area contributed by atoms with E-state index in [2.05, 4.69) is 4.74 Å². The van der Waals surface area contributed by atoms with Crippen molar-refractivity contribution < 1.29 is 24.2 Å². The minimum absolute atomic E-state index is 0.145. The molecule has 1 saturated carbocycles. The molecule has 1 atom stereocenters. The average Bonchev–Trinajstić information content (AvgIpc) is 2.95. The third-order valence-electron chi connectivity index (χ3n) is 2.55. The van der Waals surface area contributed by atoms with E-state index < -0.39 is 23.5 Å². The predicted molar refractivity (Wildman–Crippen MR) is 50.9 cm³/mol. The maximum absolute atomic E-state index is 11.5. The molecule has 1 N–H and O–H groups in total. The molecule has 1 fully saturated rings. The SMILES string of the molecule is CCOC(=O)C1([C@@H](O)COC(C)=O)CC1. The molecular weight excluding hydrogens is 200 g/mol. The summed E-state index contributed by atoms with van der Waals surface area (Å²) >= 11 is 0. The number of carbonyl (C=O) groups is 2. The normalized spacial score (nSPS) is 19.1. The summed E-state index contributed by atoms with van der Waals surface area (Å²) < 4.78 is 9.52. The van der Waals surface area contributed by atoms with Crippen LogP contribution in [0.2, 0.25) is 0 Å². The lowest BCUT2D eigenvalue weighted by Crippen LogP contribution is -2.35. The van der Waals surface area contributed by atoms with Crippen molar-refractivity contribution in [1.29, 1.82) is 0 Å². The Bertz CT molecular complexity index is 257.